The summed E-state index contributed by atoms with van der Waals surface area (Å²) >= 11 is 12.1. The Hall–Kier alpha value is 0.500. The molecular weight excluding hydrogens is 211 g/mol. The quantitative estimate of drug-likeness (QED) is 0.697. The first-order valence-corrected chi connectivity index (χ1v) is 5.46. The molecule has 0 spiro atoms. The summed E-state index contributed by atoms with van der Waals surface area (Å²) in [5.41, 5.74) is 0. The van der Waals surface area contributed by atoms with Crippen LogP contribution < -0.4 is 0 Å². The largest absolute Gasteiger partial charge is 0.396 e. The van der Waals surface area contributed by atoms with Crippen molar-refractivity contribution in [3.63, 3.8) is 0 Å². The first-order chi connectivity index (χ1) is 6.11. The third-order valence-electron chi connectivity index (χ3n) is 3.61. The summed E-state index contributed by atoms with van der Waals surface area (Å²) in [7, 11) is 0. The number of hydrogen-bond donors (Lipinski definition) is 2. The van der Waals surface area contributed by atoms with E-state index in [4.69, 9.17) is 33.4 Å². The van der Waals surface area contributed by atoms with Crippen LogP contribution >= 0.6 is 23.2 Å². The minimum absolute atomic E-state index is 0.137. The lowest BCUT2D eigenvalue weighted by atomic mass is 9.80. The van der Waals surface area contributed by atoms with Crippen LogP contribution in [0.4, 0.5) is 0 Å². The van der Waals surface area contributed by atoms with E-state index in [0.29, 0.717) is 11.8 Å². The molecule has 0 aromatic rings. The molecular formula is C9H14Cl2O2. The highest BCUT2D eigenvalue weighted by molar-refractivity contribution is 6.51. The van der Waals surface area contributed by atoms with Crippen LogP contribution in [0.2, 0.25) is 0 Å². The lowest BCUT2D eigenvalue weighted by Crippen LogP contribution is -2.26. The molecule has 0 heterocycles. The highest BCUT2D eigenvalue weighted by Crippen LogP contribution is 2.67. The lowest BCUT2D eigenvalue weighted by molar-refractivity contribution is 0.0829. The SMILES string of the molecule is OC[C@@H]1C[C@@H]2[C@H](C[C@@H]1CO)C2(Cl)Cl. The molecule has 2 saturated carbocycles. The van der Waals surface area contributed by atoms with Crippen LogP contribution in [0.1, 0.15) is 12.8 Å². The Bertz CT molecular complexity index is 188. The Morgan fingerprint density at radius 3 is 1.69 bits per heavy atom. The molecule has 0 aromatic carbocycles. The monoisotopic (exact) mass is 224 g/mol. The van der Waals surface area contributed by atoms with Gasteiger partial charge in [0.05, 0.1) is 0 Å². The van der Waals surface area contributed by atoms with Gasteiger partial charge in [0.25, 0.3) is 0 Å². The maximum Gasteiger partial charge on any atom is 0.124 e. The number of alkyl halides is 2. The Balaban J connectivity index is 2.03. The number of aliphatic hydroxyl groups excluding tert-OH is 2. The summed E-state index contributed by atoms with van der Waals surface area (Å²) < 4.78 is -0.572. The standard InChI is InChI=1S/C9H14Cl2O2/c10-9(11)7-1-5(3-12)6(4-13)2-8(7)9/h5-8,12-13H,1-4H2/t5-,6+,7+,8-. The predicted molar refractivity (Wildman–Crippen MR) is 51.8 cm³/mol. The van der Waals surface area contributed by atoms with Gasteiger partial charge in [-0.15, -0.1) is 23.2 Å². The van der Waals surface area contributed by atoms with E-state index in [2.05, 4.69) is 0 Å². The molecule has 2 nitrogen and oxygen atoms in total. The smallest absolute Gasteiger partial charge is 0.124 e. The van der Waals surface area contributed by atoms with Gasteiger partial charge in [0.2, 0.25) is 0 Å². The van der Waals surface area contributed by atoms with Crippen molar-refractivity contribution in [2.45, 2.75) is 17.2 Å². The normalized spacial score (nSPS) is 47.1. The molecule has 4 atom stereocenters. The number of aliphatic hydroxyl groups is 2. The van der Waals surface area contributed by atoms with E-state index in [1.54, 1.807) is 0 Å². The van der Waals surface area contributed by atoms with Crippen LogP contribution in [0.3, 0.4) is 0 Å². The van der Waals surface area contributed by atoms with Crippen LogP contribution in [0.25, 0.3) is 0 Å². The van der Waals surface area contributed by atoms with Gasteiger partial charge in [0, 0.05) is 13.2 Å². The van der Waals surface area contributed by atoms with Crippen molar-refractivity contribution >= 4 is 23.2 Å². The van der Waals surface area contributed by atoms with E-state index in [1.165, 1.54) is 0 Å². The summed E-state index contributed by atoms with van der Waals surface area (Å²) in [6, 6.07) is 0. The number of rotatable bonds is 2. The first kappa shape index (κ1) is 10.0. The van der Waals surface area contributed by atoms with E-state index >= 15 is 0 Å². The fourth-order valence-corrected chi connectivity index (χ4v) is 3.43. The lowest BCUT2D eigenvalue weighted by Gasteiger charge is -2.27. The Morgan fingerprint density at radius 2 is 1.38 bits per heavy atom. The molecule has 76 valence electrons. The van der Waals surface area contributed by atoms with Gasteiger partial charge in [0.1, 0.15) is 4.33 Å². The average Bonchev–Trinajstić information content (AvgIpc) is 2.66. The van der Waals surface area contributed by atoms with Gasteiger partial charge >= 0.3 is 0 Å². The molecule has 2 N–H and O–H groups in total. The number of halogens is 2. The van der Waals surface area contributed by atoms with E-state index in [0.717, 1.165) is 12.8 Å². The molecule has 0 radical (unpaired) electrons. The maximum atomic E-state index is 9.10. The predicted octanol–water partition coefficient (Wildman–Crippen LogP) is 1.42. The van der Waals surface area contributed by atoms with E-state index in [-0.39, 0.29) is 25.0 Å². The molecule has 0 unspecified atom stereocenters. The van der Waals surface area contributed by atoms with Crippen LogP contribution in [-0.4, -0.2) is 27.8 Å². The zero-order valence-corrected chi connectivity index (χ0v) is 8.80. The molecule has 2 fully saturated rings. The van der Waals surface area contributed by atoms with Crippen molar-refractivity contribution in [3.8, 4) is 0 Å². The van der Waals surface area contributed by atoms with Crippen molar-refractivity contribution in [3.05, 3.63) is 0 Å². The third kappa shape index (κ3) is 1.48. The molecule has 4 heteroatoms. The number of hydrogen-bond acceptors (Lipinski definition) is 2. The van der Waals surface area contributed by atoms with Gasteiger partial charge in [0.15, 0.2) is 0 Å². The van der Waals surface area contributed by atoms with E-state index < -0.39 is 4.33 Å². The zero-order chi connectivity index (χ0) is 9.64. The first-order valence-electron chi connectivity index (χ1n) is 4.70. The minimum Gasteiger partial charge on any atom is -0.396 e. The Labute approximate surface area is 87.8 Å². The van der Waals surface area contributed by atoms with Crippen molar-refractivity contribution in [2.75, 3.05) is 13.2 Å². The Morgan fingerprint density at radius 1 is 1.00 bits per heavy atom. The molecule has 0 aliphatic heterocycles. The van der Waals surface area contributed by atoms with Gasteiger partial charge in [-0.05, 0) is 36.5 Å². The van der Waals surface area contributed by atoms with E-state index in [9.17, 15) is 0 Å². The highest BCUT2D eigenvalue weighted by atomic mass is 35.5. The van der Waals surface area contributed by atoms with Gasteiger partial charge in [-0.25, -0.2) is 0 Å². The van der Waals surface area contributed by atoms with Crippen LogP contribution in [-0.2, 0) is 0 Å². The van der Waals surface area contributed by atoms with Crippen LogP contribution in [0, 0.1) is 23.7 Å². The molecule has 13 heavy (non-hydrogen) atoms. The minimum atomic E-state index is -0.572. The van der Waals surface area contributed by atoms with Crippen LogP contribution in [0.5, 0.6) is 0 Å². The van der Waals surface area contributed by atoms with Crippen molar-refractivity contribution < 1.29 is 10.2 Å². The van der Waals surface area contributed by atoms with E-state index in [1.807, 2.05) is 0 Å². The van der Waals surface area contributed by atoms with Gasteiger partial charge < -0.3 is 10.2 Å². The topological polar surface area (TPSA) is 40.5 Å². The summed E-state index contributed by atoms with van der Waals surface area (Å²) in [5.74, 6) is 1.06. The average molecular weight is 225 g/mol. The van der Waals surface area contributed by atoms with Gasteiger partial charge in [-0.1, -0.05) is 0 Å². The second-order valence-corrected chi connectivity index (χ2v) is 5.69. The molecule has 0 saturated heterocycles. The third-order valence-corrected chi connectivity index (χ3v) is 4.74. The maximum absolute atomic E-state index is 9.10. The van der Waals surface area contributed by atoms with Crippen LogP contribution in [0.15, 0.2) is 0 Å². The molecule has 0 aromatic heterocycles. The van der Waals surface area contributed by atoms with Crippen molar-refractivity contribution in [1.29, 1.82) is 0 Å². The highest BCUT2D eigenvalue weighted by Gasteiger charge is 2.65. The summed E-state index contributed by atoms with van der Waals surface area (Å²) in [6.07, 6.45) is 1.72. The fraction of sp³-hybridized carbons (Fsp3) is 1.00. The molecule has 0 bridgehead atoms. The van der Waals surface area contributed by atoms with Gasteiger partial charge in [-0.2, -0.15) is 0 Å². The summed E-state index contributed by atoms with van der Waals surface area (Å²) in [4.78, 5) is 0. The molecule has 2 rings (SSSR count). The molecule has 0 amide bonds. The second kappa shape index (κ2) is 3.27. The van der Waals surface area contributed by atoms with Crippen molar-refractivity contribution in [1.82, 2.24) is 0 Å². The summed E-state index contributed by atoms with van der Waals surface area (Å²) in [6.45, 7) is 0.274. The van der Waals surface area contributed by atoms with Gasteiger partial charge in [-0.3, -0.25) is 0 Å². The fourth-order valence-electron chi connectivity index (χ4n) is 2.59. The Kier molecular flexibility index (Phi) is 2.52. The zero-order valence-electron chi connectivity index (χ0n) is 7.29. The summed E-state index contributed by atoms with van der Waals surface area (Å²) in [5, 5.41) is 18.2. The number of fused-ring (bicyclic) bond motifs is 1. The molecule has 2 aliphatic rings. The second-order valence-electron chi connectivity index (χ2n) is 4.24. The van der Waals surface area contributed by atoms with Crippen molar-refractivity contribution in [2.24, 2.45) is 23.7 Å². The molecule has 2 aliphatic carbocycles.